The van der Waals surface area contributed by atoms with Crippen molar-refractivity contribution in [3.8, 4) is 11.5 Å². The second-order valence-corrected chi connectivity index (χ2v) is 8.68. The summed E-state index contributed by atoms with van der Waals surface area (Å²) in [5.74, 6) is -0.529. The quantitative estimate of drug-likeness (QED) is 0.547. The molecule has 1 fully saturated rings. The second kappa shape index (κ2) is 8.27. The number of rotatable bonds is 5. The van der Waals surface area contributed by atoms with Crippen LogP contribution in [0.25, 0.3) is 0 Å². The van der Waals surface area contributed by atoms with E-state index in [0.29, 0.717) is 33.5 Å². The molecule has 4 rings (SSSR count). The van der Waals surface area contributed by atoms with Gasteiger partial charge in [-0.2, -0.15) is 0 Å². The molecule has 32 heavy (non-hydrogen) atoms. The topological polar surface area (TPSA) is 109 Å². The van der Waals surface area contributed by atoms with Gasteiger partial charge in [-0.1, -0.05) is 11.6 Å². The molecule has 1 saturated heterocycles. The zero-order chi connectivity index (χ0) is 23.2. The minimum absolute atomic E-state index is 0.258. The summed E-state index contributed by atoms with van der Waals surface area (Å²) in [6.45, 7) is 3.48. The third kappa shape index (κ3) is 3.48. The van der Waals surface area contributed by atoms with Gasteiger partial charge in [-0.25, -0.2) is 0 Å². The number of nitrogens with one attached hydrogen (secondary N) is 3. The molecule has 2 heterocycles. The van der Waals surface area contributed by atoms with Crippen molar-refractivity contribution in [3.05, 3.63) is 46.5 Å². The molecule has 8 nitrogen and oxygen atoms in total. The lowest BCUT2D eigenvalue weighted by Crippen LogP contribution is -2.53. The van der Waals surface area contributed by atoms with Crippen LogP contribution < -0.4 is 25.4 Å². The number of carbonyl (C=O) groups is 2. The van der Waals surface area contributed by atoms with Crippen LogP contribution in [0.5, 0.6) is 11.5 Å². The van der Waals surface area contributed by atoms with E-state index in [9.17, 15) is 14.7 Å². The average Bonchev–Trinajstić information content (AvgIpc) is 3.29. The van der Waals surface area contributed by atoms with E-state index >= 15 is 0 Å². The van der Waals surface area contributed by atoms with Crippen LogP contribution in [0.1, 0.15) is 24.5 Å². The van der Waals surface area contributed by atoms with Gasteiger partial charge in [-0.3, -0.25) is 14.9 Å². The van der Waals surface area contributed by atoms with Gasteiger partial charge in [0, 0.05) is 28.4 Å². The van der Waals surface area contributed by atoms with Crippen molar-refractivity contribution in [2.24, 2.45) is 5.92 Å². The van der Waals surface area contributed by atoms with E-state index in [4.69, 9.17) is 21.1 Å². The summed E-state index contributed by atoms with van der Waals surface area (Å²) < 4.78 is 10.6. The number of hydrogen-bond acceptors (Lipinski definition) is 6. The van der Waals surface area contributed by atoms with E-state index in [1.165, 1.54) is 14.2 Å². The maximum absolute atomic E-state index is 13.6. The van der Waals surface area contributed by atoms with E-state index in [-0.39, 0.29) is 18.2 Å². The molecule has 4 N–H and O–H groups in total. The summed E-state index contributed by atoms with van der Waals surface area (Å²) in [6, 6.07) is 8.07. The molecule has 170 valence electrons. The summed E-state index contributed by atoms with van der Waals surface area (Å²) in [5.41, 5.74) is 1.10. The Morgan fingerprint density at radius 1 is 1.28 bits per heavy atom. The Morgan fingerprint density at radius 3 is 2.69 bits per heavy atom. The summed E-state index contributed by atoms with van der Waals surface area (Å²) in [6.07, 6.45) is -0.512. The molecule has 0 bridgehead atoms. The molecule has 9 heteroatoms. The largest absolute Gasteiger partial charge is 0.497 e. The highest BCUT2D eigenvalue weighted by Gasteiger charge is 2.61. The molecule has 2 aliphatic rings. The van der Waals surface area contributed by atoms with Crippen molar-refractivity contribution in [1.82, 2.24) is 5.32 Å². The number of fused-ring (bicyclic) bond motifs is 2. The van der Waals surface area contributed by atoms with Crippen molar-refractivity contribution in [2.45, 2.75) is 38.0 Å². The van der Waals surface area contributed by atoms with Gasteiger partial charge in [-0.15, -0.1) is 0 Å². The van der Waals surface area contributed by atoms with Crippen molar-refractivity contribution < 1.29 is 24.2 Å². The fourth-order valence-electron chi connectivity index (χ4n) is 4.68. The molecule has 0 saturated carbocycles. The lowest BCUT2D eigenvalue weighted by atomic mass is 9.79. The Labute approximate surface area is 191 Å². The second-order valence-electron chi connectivity index (χ2n) is 8.24. The van der Waals surface area contributed by atoms with Gasteiger partial charge >= 0.3 is 0 Å². The number of aliphatic hydroxyl groups excluding tert-OH is 1. The average molecular weight is 460 g/mol. The van der Waals surface area contributed by atoms with Gasteiger partial charge < -0.3 is 25.2 Å². The van der Waals surface area contributed by atoms with Crippen LogP contribution in [0.4, 0.5) is 11.4 Å². The number of aryl methyl sites for hydroxylation is 1. The Morgan fingerprint density at radius 2 is 2.03 bits per heavy atom. The number of hydrogen-bond donors (Lipinski definition) is 4. The minimum atomic E-state index is -1.36. The molecule has 0 aromatic heterocycles. The van der Waals surface area contributed by atoms with Crippen molar-refractivity contribution in [2.75, 3.05) is 24.9 Å². The van der Waals surface area contributed by atoms with Gasteiger partial charge in [0.1, 0.15) is 17.0 Å². The van der Waals surface area contributed by atoms with Crippen LogP contribution in [0, 0.1) is 12.8 Å². The Kier molecular flexibility index (Phi) is 5.79. The first kappa shape index (κ1) is 22.4. The Bertz CT molecular complexity index is 1090. The number of amides is 2. The van der Waals surface area contributed by atoms with Gasteiger partial charge in [-0.05, 0) is 50.1 Å². The number of anilines is 2. The van der Waals surface area contributed by atoms with Crippen molar-refractivity contribution in [1.29, 1.82) is 0 Å². The molecule has 0 radical (unpaired) electrons. The zero-order valence-electron chi connectivity index (χ0n) is 18.3. The summed E-state index contributed by atoms with van der Waals surface area (Å²) >= 11 is 6.32. The number of carbonyl (C=O) groups excluding carboxylic acids is 2. The molecule has 2 aromatic rings. The Hall–Kier alpha value is -2.81. The zero-order valence-corrected chi connectivity index (χ0v) is 19.0. The summed E-state index contributed by atoms with van der Waals surface area (Å²) in [4.78, 5) is 26.9. The first-order chi connectivity index (χ1) is 15.2. The van der Waals surface area contributed by atoms with Crippen LogP contribution in [-0.4, -0.2) is 43.3 Å². The number of aliphatic hydroxyl groups is 1. The maximum atomic E-state index is 13.6. The number of benzene rings is 2. The van der Waals surface area contributed by atoms with Gasteiger partial charge in [0.2, 0.25) is 11.8 Å². The van der Waals surface area contributed by atoms with Crippen LogP contribution in [0.3, 0.4) is 0 Å². The third-order valence-electron chi connectivity index (χ3n) is 6.31. The highest BCUT2D eigenvalue weighted by atomic mass is 35.5. The fraction of sp³-hybridized carbons (Fsp3) is 0.391. The molecule has 2 amide bonds. The van der Waals surface area contributed by atoms with Gasteiger partial charge in [0.15, 0.2) is 0 Å². The predicted molar refractivity (Wildman–Crippen MR) is 121 cm³/mol. The molecular weight excluding hydrogens is 434 g/mol. The molecule has 1 spiro atoms. The molecule has 0 unspecified atom stereocenters. The highest BCUT2D eigenvalue weighted by Crippen LogP contribution is 2.49. The van der Waals surface area contributed by atoms with E-state index in [2.05, 4.69) is 16.0 Å². The minimum Gasteiger partial charge on any atom is -0.497 e. The summed E-state index contributed by atoms with van der Waals surface area (Å²) in [7, 11) is 3.04. The lowest BCUT2D eigenvalue weighted by molar-refractivity contribution is -0.130. The van der Waals surface area contributed by atoms with Gasteiger partial charge in [0.25, 0.3) is 0 Å². The molecule has 4 atom stereocenters. The lowest BCUT2D eigenvalue weighted by Gasteiger charge is -2.30. The van der Waals surface area contributed by atoms with Crippen LogP contribution >= 0.6 is 11.6 Å². The smallest absolute Gasteiger partial charge is 0.250 e. The first-order valence-corrected chi connectivity index (χ1v) is 10.7. The summed E-state index contributed by atoms with van der Waals surface area (Å²) in [5, 5.41) is 19.8. The Balaban J connectivity index is 1.78. The van der Waals surface area contributed by atoms with Crippen LogP contribution in [0.15, 0.2) is 30.3 Å². The van der Waals surface area contributed by atoms with Gasteiger partial charge in [0.05, 0.1) is 31.9 Å². The number of methoxy groups -OCH3 is 2. The fourth-order valence-corrected chi connectivity index (χ4v) is 4.95. The van der Waals surface area contributed by atoms with E-state index in [1.54, 1.807) is 37.3 Å². The molecule has 2 aliphatic heterocycles. The monoisotopic (exact) mass is 459 g/mol. The van der Waals surface area contributed by atoms with E-state index in [0.717, 1.165) is 5.56 Å². The van der Waals surface area contributed by atoms with Crippen LogP contribution in [0.2, 0.25) is 5.02 Å². The maximum Gasteiger partial charge on any atom is 0.250 e. The highest BCUT2D eigenvalue weighted by molar-refractivity contribution is 6.31. The number of ether oxygens (including phenoxy) is 2. The predicted octanol–water partition coefficient (Wildman–Crippen LogP) is 2.81. The molecular formula is C23H26ClN3O5. The van der Waals surface area contributed by atoms with Crippen molar-refractivity contribution >= 4 is 34.8 Å². The normalized spacial score (nSPS) is 24.8. The van der Waals surface area contributed by atoms with Crippen LogP contribution in [-0.2, 0) is 15.1 Å². The SMILES string of the molecule is COc1ccc(OC)c(NC(=O)[C@H]2C[C@H]([C@H](C)O)N[C@]23C(=O)Nc2c(C)cc(Cl)cc23)c1. The molecule has 0 aliphatic carbocycles. The third-order valence-corrected chi connectivity index (χ3v) is 6.53. The van der Waals surface area contributed by atoms with E-state index < -0.39 is 23.6 Å². The van der Waals surface area contributed by atoms with Crippen molar-refractivity contribution in [3.63, 3.8) is 0 Å². The number of halogens is 1. The van der Waals surface area contributed by atoms with E-state index in [1.807, 2.05) is 6.92 Å². The standard InChI is InChI=1S/C23H26ClN3O5/c1-11-7-13(24)8-15-20(11)26-22(30)23(15)16(10-17(27-23)12(2)28)21(29)25-18-9-14(31-3)5-6-19(18)32-4/h5-9,12,16-17,27-28H,10H2,1-4H3,(H,25,29)(H,26,30)/t12-,16+,17+,23-/m0/s1. The molecule has 2 aromatic carbocycles. The first-order valence-electron chi connectivity index (χ1n) is 10.3.